The van der Waals surface area contributed by atoms with Gasteiger partial charge in [0.05, 0.1) is 13.2 Å². The van der Waals surface area contributed by atoms with Crippen LogP contribution in [0.3, 0.4) is 0 Å². The number of hydrogen-bond acceptors (Lipinski definition) is 24. The molecular formula is C94H173O25P. The molecule has 2 saturated heterocycles. The van der Waals surface area contributed by atoms with Crippen LogP contribution in [-0.4, -0.2) is 205 Å². The fourth-order valence-corrected chi connectivity index (χ4v) is 17.0. The van der Waals surface area contributed by atoms with Gasteiger partial charge in [0, 0.05) is 25.7 Å². The van der Waals surface area contributed by atoms with Crippen LogP contribution in [0.4, 0.5) is 0 Å². The van der Waals surface area contributed by atoms with Crippen LogP contribution in [0, 0.1) is 5.92 Å². The number of phosphoric ester groups is 1. The van der Waals surface area contributed by atoms with Gasteiger partial charge < -0.3 is 88.7 Å². The van der Waals surface area contributed by atoms with E-state index in [-0.39, 0.29) is 25.7 Å². The number of hydrogen-bond donors (Lipinski definition) is 10. The van der Waals surface area contributed by atoms with Crippen LogP contribution >= 0.6 is 7.82 Å². The highest BCUT2D eigenvalue weighted by atomic mass is 31.2. The third-order valence-corrected chi connectivity index (χ3v) is 24.8. The number of unbranched alkanes of at least 4 members (excludes halogenated alkanes) is 46. The number of phosphoric acid groups is 1. The van der Waals surface area contributed by atoms with E-state index in [2.05, 4.69) is 58.9 Å². The number of carbonyl (C=O) groups is 4. The molecule has 3 aliphatic rings. The van der Waals surface area contributed by atoms with Gasteiger partial charge in [-0.05, 0) is 83.0 Å². The Kier molecular flexibility index (Phi) is 66.6. The highest BCUT2D eigenvalue weighted by Gasteiger charge is 2.60. The molecule has 0 spiro atoms. The Morgan fingerprint density at radius 1 is 0.350 bits per heavy atom. The van der Waals surface area contributed by atoms with Gasteiger partial charge in [0.15, 0.2) is 24.8 Å². The molecule has 0 aromatic carbocycles. The van der Waals surface area contributed by atoms with Gasteiger partial charge in [-0.1, -0.05) is 335 Å². The molecule has 2 heterocycles. The van der Waals surface area contributed by atoms with Crippen molar-refractivity contribution >= 4 is 31.7 Å². The summed E-state index contributed by atoms with van der Waals surface area (Å²) >= 11 is 0. The number of aliphatic hydroxyl groups excluding tert-OH is 9. The number of esters is 4. The summed E-state index contributed by atoms with van der Waals surface area (Å²) in [5.74, 6) is -2.34. The first kappa shape index (κ1) is 111. The lowest BCUT2D eigenvalue weighted by atomic mass is 9.84. The monoisotopic (exact) mass is 1730 g/mol. The summed E-state index contributed by atoms with van der Waals surface area (Å²) in [7, 11) is -5.81. The summed E-state index contributed by atoms with van der Waals surface area (Å²) < 4.78 is 73.6. The number of ether oxygens (including phenoxy) is 8. The average molecular weight is 1730 g/mol. The van der Waals surface area contributed by atoms with Crippen LogP contribution in [0.5, 0.6) is 0 Å². The standard InChI is InChI=1S/C94H173O25P/c1-6-10-14-18-22-25-28-31-34-37-40-43-46-53-59-65-77(96)110-70-74(113-79(98)67-61-55-48-45-42-39-36-33-30-27-24-20-16-12-8-3)71-112-120(108,109)119-92-90(117-93-87(106)83(102)81(100)75(69-95)114-93)86(105)85(104)89(116-80(99)68-62-56-50-49-52-58-64-73(5)63-57-51-21-17-13-9-4)91(92)118-94-88(107)84(103)82(101)76(115-94)72-111-78(97)66-60-54-47-44-41-38-35-32-29-26-23-19-15-11-7-2/h25,27-28,30,73-76,81-95,100-107H,6-24,26,29,31-72H2,1-5H3,(H,108,109)/b28-25-,30-27-. The van der Waals surface area contributed by atoms with E-state index >= 15 is 0 Å². The van der Waals surface area contributed by atoms with Gasteiger partial charge in [0.1, 0.15) is 92.6 Å². The molecule has 19 unspecified atom stereocenters. The molecule has 120 heavy (non-hydrogen) atoms. The Bertz CT molecular complexity index is 2600. The van der Waals surface area contributed by atoms with E-state index in [0.29, 0.717) is 44.4 Å². The zero-order valence-corrected chi connectivity index (χ0v) is 76.2. The topological polar surface area (TPSA) is 380 Å². The molecule has 19 atom stereocenters. The van der Waals surface area contributed by atoms with Gasteiger partial charge in [-0.3, -0.25) is 28.2 Å². The summed E-state index contributed by atoms with van der Waals surface area (Å²) in [6, 6.07) is 0. The van der Waals surface area contributed by atoms with Gasteiger partial charge in [-0.15, -0.1) is 0 Å². The number of aliphatic hydroxyl groups is 9. The van der Waals surface area contributed by atoms with Crippen LogP contribution < -0.4 is 0 Å². The van der Waals surface area contributed by atoms with Crippen LogP contribution in [0.25, 0.3) is 0 Å². The van der Waals surface area contributed by atoms with E-state index in [0.717, 1.165) is 161 Å². The minimum Gasteiger partial charge on any atom is -0.463 e. The normalized spacial score (nSPS) is 25.1. The van der Waals surface area contributed by atoms with Gasteiger partial charge >= 0.3 is 31.7 Å². The van der Waals surface area contributed by atoms with Crippen molar-refractivity contribution in [2.75, 3.05) is 26.4 Å². The third-order valence-electron chi connectivity index (χ3n) is 23.8. The molecule has 0 bridgehead atoms. The smallest absolute Gasteiger partial charge is 0.463 e. The largest absolute Gasteiger partial charge is 0.472 e. The lowest BCUT2D eigenvalue weighted by Gasteiger charge is -2.50. The summed E-state index contributed by atoms with van der Waals surface area (Å²) in [6.07, 6.45) is 31.6. The first-order valence-electron chi connectivity index (χ1n) is 48.5. The predicted octanol–water partition coefficient (Wildman–Crippen LogP) is 18.4. The van der Waals surface area contributed by atoms with Gasteiger partial charge in [0.2, 0.25) is 0 Å². The molecule has 0 aromatic rings. The molecular weight excluding hydrogens is 1560 g/mol. The molecule has 0 aromatic heterocycles. The van der Waals surface area contributed by atoms with Crippen LogP contribution in [0.2, 0.25) is 0 Å². The maximum atomic E-state index is 14.9. The Balaban J connectivity index is 1.92. The SMILES string of the molecule is CCCCCC/C=C\CCCCCCCCCC(=O)OCC(COP(=O)(O)OC1C(OC2OC(CO)C(O)C(O)C2O)C(O)C(O)C(OC(=O)CCCCCCCCC(C)CCCCCCCC)C1OC1OC(COC(=O)CCCCCCCCCCCCCCCCC)C(O)C(O)C1O)OC(=O)CCCCCCCCC/C=C\CCCCCC. The van der Waals surface area contributed by atoms with Crippen molar-refractivity contribution in [3.8, 4) is 0 Å². The van der Waals surface area contributed by atoms with Crippen molar-refractivity contribution in [1.82, 2.24) is 0 Å². The van der Waals surface area contributed by atoms with Crippen molar-refractivity contribution in [1.29, 1.82) is 0 Å². The Morgan fingerprint density at radius 3 is 1.08 bits per heavy atom. The molecule has 2 aliphatic heterocycles. The zero-order valence-electron chi connectivity index (χ0n) is 75.3. The number of allylic oxidation sites excluding steroid dienone is 4. The van der Waals surface area contributed by atoms with E-state index in [4.69, 9.17) is 46.9 Å². The second kappa shape index (κ2) is 71.9. The van der Waals surface area contributed by atoms with Crippen LogP contribution in [0.15, 0.2) is 24.3 Å². The van der Waals surface area contributed by atoms with E-state index < -0.39 is 162 Å². The Hall–Kier alpha value is -3.05. The van der Waals surface area contributed by atoms with Crippen molar-refractivity contribution in [2.24, 2.45) is 5.92 Å². The maximum absolute atomic E-state index is 14.9. The predicted molar refractivity (Wildman–Crippen MR) is 467 cm³/mol. The Labute approximate surface area is 724 Å². The maximum Gasteiger partial charge on any atom is 0.472 e. The molecule has 3 rings (SSSR count). The minimum atomic E-state index is -5.81. The van der Waals surface area contributed by atoms with Crippen molar-refractivity contribution in [2.45, 2.75) is 518 Å². The van der Waals surface area contributed by atoms with E-state index in [1.54, 1.807) is 0 Å². The van der Waals surface area contributed by atoms with Crippen molar-refractivity contribution < 1.29 is 122 Å². The fraction of sp³-hybridized carbons (Fsp3) is 0.915. The lowest BCUT2D eigenvalue weighted by molar-refractivity contribution is -0.360. The zero-order chi connectivity index (χ0) is 87.6. The molecule has 10 N–H and O–H groups in total. The number of rotatable bonds is 78. The molecule has 1 aliphatic carbocycles. The molecule has 0 radical (unpaired) electrons. The van der Waals surface area contributed by atoms with Gasteiger partial charge in [-0.2, -0.15) is 0 Å². The molecule has 26 heteroatoms. The van der Waals surface area contributed by atoms with Crippen molar-refractivity contribution in [3.05, 3.63) is 24.3 Å². The van der Waals surface area contributed by atoms with Crippen LogP contribution in [0.1, 0.15) is 413 Å². The van der Waals surface area contributed by atoms with E-state index in [1.165, 1.54) is 154 Å². The van der Waals surface area contributed by atoms with Gasteiger partial charge in [0.25, 0.3) is 0 Å². The fourth-order valence-electron chi connectivity index (χ4n) is 16.0. The molecule has 3 fully saturated rings. The minimum absolute atomic E-state index is 0.0172. The molecule has 1 saturated carbocycles. The van der Waals surface area contributed by atoms with Gasteiger partial charge in [-0.25, -0.2) is 4.57 Å². The van der Waals surface area contributed by atoms with Crippen LogP contribution in [-0.2, 0) is 70.7 Å². The molecule has 704 valence electrons. The Morgan fingerprint density at radius 2 is 0.675 bits per heavy atom. The second-order valence-electron chi connectivity index (χ2n) is 34.9. The number of carbonyl (C=O) groups excluding carboxylic acids is 4. The average Bonchev–Trinajstić information content (AvgIpc) is 0.754. The van der Waals surface area contributed by atoms with E-state index in [1.807, 2.05) is 0 Å². The highest BCUT2D eigenvalue weighted by Crippen LogP contribution is 2.49. The first-order valence-corrected chi connectivity index (χ1v) is 50.0. The van der Waals surface area contributed by atoms with E-state index in [9.17, 15) is 74.6 Å². The highest BCUT2D eigenvalue weighted by molar-refractivity contribution is 7.47. The summed E-state index contributed by atoms with van der Waals surface area (Å²) in [5, 5.41) is 102. The summed E-state index contributed by atoms with van der Waals surface area (Å²) in [6.45, 7) is 7.89. The second-order valence-corrected chi connectivity index (χ2v) is 36.3. The summed E-state index contributed by atoms with van der Waals surface area (Å²) in [5.41, 5.74) is 0. The molecule has 0 amide bonds. The third kappa shape index (κ3) is 51.7. The lowest BCUT2D eigenvalue weighted by Crippen LogP contribution is -2.70. The molecule has 25 nitrogen and oxygen atoms in total. The first-order chi connectivity index (χ1) is 58.1. The quantitative estimate of drug-likeness (QED) is 0.00889. The van der Waals surface area contributed by atoms with Crippen molar-refractivity contribution in [3.63, 3.8) is 0 Å². The summed E-state index contributed by atoms with van der Waals surface area (Å²) in [4.78, 5) is 66.6.